The molecule has 0 fully saturated rings. The Morgan fingerprint density at radius 1 is 1.00 bits per heavy atom. The van der Waals surface area contributed by atoms with Gasteiger partial charge in [0.1, 0.15) is 10.6 Å². The number of hydrogen-bond donors (Lipinski definition) is 0. The SMILES string of the molecule is O=S(=O)(Oc1ccc(F)c(F)c1)c1ccccc1Br. The molecule has 0 aromatic heterocycles. The van der Waals surface area contributed by atoms with Crippen LogP contribution in [0.5, 0.6) is 5.75 Å². The van der Waals surface area contributed by atoms with Gasteiger partial charge in [-0.1, -0.05) is 12.1 Å². The summed E-state index contributed by atoms with van der Waals surface area (Å²) >= 11 is 3.08. The molecular formula is C12H7BrF2O3S. The van der Waals surface area contributed by atoms with E-state index in [-0.39, 0.29) is 10.6 Å². The minimum Gasteiger partial charge on any atom is -0.379 e. The van der Waals surface area contributed by atoms with Crippen LogP contribution in [-0.2, 0) is 10.1 Å². The summed E-state index contributed by atoms with van der Waals surface area (Å²) in [6.45, 7) is 0. The highest BCUT2D eigenvalue weighted by molar-refractivity contribution is 9.10. The van der Waals surface area contributed by atoms with E-state index in [0.29, 0.717) is 10.5 Å². The van der Waals surface area contributed by atoms with Crippen molar-refractivity contribution in [1.29, 1.82) is 0 Å². The van der Waals surface area contributed by atoms with E-state index in [2.05, 4.69) is 15.9 Å². The van der Waals surface area contributed by atoms with E-state index in [9.17, 15) is 17.2 Å². The summed E-state index contributed by atoms with van der Waals surface area (Å²) in [5, 5.41) is 0. The Morgan fingerprint density at radius 3 is 2.32 bits per heavy atom. The van der Waals surface area contributed by atoms with Gasteiger partial charge in [0.15, 0.2) is 11.6 Å². The lowest BCUT2D eigenvalue weighted by Crippen LogP contribution is -2.10. The van der Waals surface area contributed by atoms with Gasteiger partial charge in [-0.2, -0.15) is 8.42 Å². The Morgan fingerprint density at radius 2 is 1.68 bits per heavy atom. The van der Waals surface area contributed by atoms with Crippen LogP contribution in [0.3, 0.4) is 0 Å². The maximum Gasteiger partial charge on any atom is 0.340 e. The van der Waals surface area contributed by atoms with Crippen molar-refractivity contribution in [2.75, 3.05) is 0 Å². The summed E-state index contributed by atoms with van der Waals surface area (Å²) in [7, 11) is -4.11. The molecule has 0 N–H and O–H groups in total. The maximum absolute atomic E-state index is 13.0. The highest BCUT2D eigenvalue weighted by Gasteiger charge is 2.20. The van der Waals surface area contributed by atoms with Crippen LogP contribution < -0.4 is 4.18 Å². The summed E-state index contributed by atoms with van der Waals surface area (Å²) in [5.74, 6) is -2.56. The molecule has 0 amide bonds. The first kappa shape index (κ1) is 14.0. The standard InChI is InChI=1S/C12H7BrF2O3S/c13-9-3-1-2-4-12(9)19(16,17)18-8-5-6-10(14)11(15)7-8/h1-7H. The van der Waals surface area contributed by atoms with Gasteiger partial charge in [0.2, 0.25) is 0 Å². The van der Waals surface area contributed by atoms with E-state index in [0.717, 1.165) is 12.1 Å². The molecule has 19 heavy (non-hydrogen) atoms. The largest absolute Gasteiger partial charge is 0.379 e. The zero-order valence-corrected chi connectivity index (χ0v) is 11.7. The van der Waals surface area contributed by atoms with E-state index < -0.39 is 21.8 Å². The van der Waals surface area contributed by atoms with E-state index in [1.165, 1.54) is 18.2 Å². The van der Waals surface area contributed by atoms with Crippen LogP contribution in [0.4, 0.5) is 8.78 Å². The number of rotatable bonds is 3. The minimum atomic E-state index is -4.11. The van der Waals surface area contributed by atoms with Gasteiger partial charge < -0.3 is 4.18 Å². The quantitative estimate of drug-likeness (QED) is 0.797. The Labute approximate surface area is 117 Å². The summed E-state index contributed by atoms with van der Waals surface area (Å²) in [4.78, 5) is -0.0975. The molecule has 2 rings (SSSR count). The second-order valence-electron chi connectivity index (χ2n) is 3.54. The summed E-state index contributed by atoms with van der Waals surface area (Å²) in [6.07, 6.45) is 0. The van der Waals surface area contributed by atoms with Crippen molar-refractivity contribution in [1.82, 2.24) is 0 Å². The normalized spacial score (nSPS) is 11.3. The fraction of sp³-hybridized carbons (Fsp3) is 0. The molecule has 0 spiro atoms. The minimum absolute atomic E-state index is 0.0975. The van der Waals surface area contributed by atoms with Crippen LogP contribution in [0.1, 0.15) is 0 Å². The number of halogens is 3. The molecule has 0 saturated heterocycles. The third-order valence-corrected chi connectivity index (χ3v) is 4.46. The molecule has 0 radical (unpaired) electrons. The van der Waals surface area contributed by atoms with Gasteiger partial charge in [-0.3, -0.25) is 0 Å². The molecule has 2 aromatic carbocycles. The molecule has 100 valence electrons. The first-order valence-electron chi connectivity index (χ1n) is 5.04. The molecule has 0 bridgehead atoms. The van der Waals surface area contributed by atoms with Gasteiger partial charge in [0.25, 0.3) is 0 Å². The van der Waals surface area contributed by atoms with Gasteiger partial charge in [0, 0.05) is 10.5 Å². The van der Waals surface area contributed by atoms with E-state index in [1.807, 2.05) is 0 Å². The third kappa shape index (κ3) is 3.10. The zero-order valence-electron chi connectivity index (χ0n) is 9.31. The van der Waals surface area contributed by atoms with Crippen LogP contribution in [-0.4, -0.2) is 8.42 Å². The second kappa shape index (κ2) is 5.26. The molecule has 0 heterocycles. The fourth-order valence-corrected chi connectivity index (χ4v) is 3.23. The lowest BCUT2D eigenvalue weighted by Gasteiger charge is -2.08. The Kier molecular flexibility index (Phi) is 3.86. The molecule has 0 aliphatic heterocycles. The van der Waals surface area contributed by atoms with Crippen molar-refractivity contribution in [3.63, 3.8) is 0 Å². The first-order chi connectivity index (χ1) is 8.90. The third-order valence-electron chi connectivity index (χ3n) is 2.20. The summed E-state index contributed by atoms with van der Waals surface area (Å²) in [5.41, 5.74) is 0. The molecule has 0 aliphatic rings. The van der Waals surface area contributed by atoms with Crippen LogP contribution in [0.2, 0.25) is 0 Å². The predicted octanol–water partition coefficient (Wildman–Crippen LogP) is 3.50. The van der Waals surface area contributed by atoms with Crippen molar-refractivity contribution in [2.24, 2.45) is 0 Å². The smallest absolute Gasteiger partial charge is 0.340 e. The molecule has 0 atom stereocenters. The highest BCUT2D eigenvalue weighted by atomic mass is 79.9. The van der Waals surface area contributed by atoms with Crippen molar-refractivity contribution >= 4 is 26.0 Å². The van der Waals surface area contributed by atoms with Gasteiger partial charge >= 0.3 is 10.1 Å². The first-order valence-corrected chi connectivity index (χ1v) is 7.24. The summed E-state index contributed by atoms with van der Waals surface area (Å²) < 4.78 is 54.7. The van der Waals surface area contributed by atoms with E-state index >= 15 is 0 Å². The lowest BCUT2D eigenvalue weighted by atomic mass is 10.3. The maximum atomic E-state index is 13.0. The fourth-order valence-electron chi connectivity index (χ4n) is 1.35. The van der Waals surface area contributed by atoms with Crippen LogP contribution in [0.15, 0.2) is 51.8 Å². The van der Waals surface area contributed by atoms with Crippen molar-refractivity contribution in [3.8, 4) is 5.75 Å². The molecular weight excluding hydrogens is 342 g/mol. The zero-order chi connectivity index (χ0) is 14.0. The topological polar surface area (TPSA) is 43.4 Å². The monoisotopic (exact) mass is 348 g/mol. The summed E-state index contributed by atoms with van der Waals surface area (Å²) in [6, 6.07) is 8.52. The van der Waals surface area contributed by atoms with Crippen molar-refractivity contribution in [2.45, 2.75) is 4.90 Å². The molecule has 0 unspecified atom stereocenters. The molecule has 3 nitrogen and oxygen atoms in total. The number of hydrogen-bond acceptors (Lipinski definition) is 3. The lowest BCUT2D eigenvalue weighted by molar-refractivity contribution is 0.472. The molecule has 0 saturated carbocycles. The van der Waals surface area contributed by atoms with Crippen LogP contribution in [0.25, 0.3) is 0 Å². The second-order valence-corrected chi connectivity index (χ2v) is 5.91. The predicted molar refractivity (Wildman–Crippen MR) is 68.3 cm³/mol. The van der Waals surface area contributed by atoms with E-state index in [4.69, 9.17) is 4.18 Å². The highest BCUT2D eigenvalue weighted by Crippen LogP contribution is 2.25. The van der Waals surface area contributed by atoms with Crippen molar-refractivity contribution in [3.05, 3.63) is 58.6 Å². The van der Waals surface area contributed by atoms with Gasteiger partial charge in [0.05, 0.1) is 0 Å². The Balaban J connectivity index is 2.37. The van der Waals surface area contributed by atoms with Crippen LogP contribution >= 0.6 is 15.9 Å². The average molecular weight is 349 g/mol. The number of benzene rings is 2. The Bertz CT molecular complexity index is 717. The van der Waals surface area contributed by atoms with E-state index in [1.54, 1.807) is 6.07 Å². The van der Waals surface area contributed by atoms with Gasteiger partial charge in [-0.15, -0.1) is 0 Å². The molecule has 0 aliphatic carbocycles. The van der Waals surface area contributed by atoms with Crippen LogP contribution in [0, 0.1) is 11.6 Å². The van der Waals surface area contributed by atoms with Gasteiger partial charge in [-0.05, 0) is 40.2 Å². The molecule has 7 heteroatoms. The average Bonchev–Trinajstić information content (AvgIpc) is 2.34. The van der Waals surface area contributed by atoms with Gasteiger partial charge in [-0.25, -0.2) is 8.78 Å². The molecule has 2 aromatic rings. The Hall–Kier alpha value is -1.47. The van der Waals surface area contributed by atoms with Crippen molar-refractivity contribution < 1.29 is 21.4 Å².